The largest absolute Gasteiger partial charge is 0.369 e. The van der Waals surface area contributed by atoms with Crippen LogP contribution in [0, 0.1) is 0 Å². The minimum Gasteiger partial charge on any atom is -0.369 e. The Morgan fingerprint density at radius 2 is 1.76 bits per heavy atom. The molecule has 42 heavy (non-hydrogen) atoms. The first kappa shape index (κ1) is 29.5. The molecule has 5 rings (SSSR count). The van der Waals surface area contributed by atoms with Gasteiger partial charge in [-0.3, -0.25) is 4.79 Å². The molecule has 0 spiro atoms. The van der Waals surface area contributed by atoms with Crippen LogP contribution in [0.3, 0.4) is 0 Å². The highest BCUT2D eigenvalue weighted by Gasteiger charge is 2.19. The molecule has 0 saturated carbocycles. The quantitative estimate of drug-likeness (QED) is 0.127. The zero-order valence-corrected chi connectivity index (χ0v) is 26.1. The van der Waals surface area contributed by atoms with Gasteiger partial charge in [0.05, 0.1) is 11.1 Å². The van der Waals surface area contributed by atoms with E-state index in [-0.39, 0.29) is 5.91 Å². The molecule has 0 bridgehead atoms. The van der Waals surface area contributed by atoms with Crippen LogP contribution >= 0.6 is 0 Å². The number of carbonyl (C=O) groups is 1. The number of benzene rings is 2. The van der Waals surface area contributed by atoms with Gasteiger partial charge in [0.1, 0.15) is 24.5 Å². The first-order valence-electron chi connectivity index (χ1n) is 14.5. The summed E-state index contributed by atoms with van der Waals surface area (Å²) < 4.78 is 8.37. The SMILES string of the molecule is C=CC(=O)Nc1cccc(Nc2ncnc3c2cc(-c2ccc(N4CCN(C)CC4)cc2)n3COCC[Si](C)(C)C)c1. The molecule has 2 aromatic carbocycles. The summed E-state index contributed by atoms with van der Waals surface area (Å²) in [7, 11) is 0.958. The Labute approximate surface area is 249 Å². The number of anilines is 4. The number of likely N-dealkylation sites (N-methyl/N-ethyl adjacent to an activating group) is 1. The van der Waals surface area contributed by atoms with Crippen molar-refractivity contribution in [2.75, 3.05) is 55.4 Å². The first-order chi connectivity index (χ1) is 20.2. The predicted octanol–water partition coefficient (Wildman–Crippen LogP) is 6.03. The number of aromatic nitrogens is 3. The summed E-state index contributed by atoms with van der Waals surface area (Å²) in [6.07, 6.45) is 2.83. The molecule has 9 nitrogen and oxygen atoms in total. The maximum atomic E-state index is 11.8. The number of carbonyl (C=O) groups excluding carboxylic acids is 1. The lowest BCUT2D eigenvalue weighted by Crippen LogP contribution is -2.44. The molecule has 1 fully saturated rings. The molecule has 1 aliphatic heterocycles. The molecule has 0 aliphatic carbocycles. The van der Waals surface area contributed by atoms with Crippen LogP contribution in [0.5, 0.6) is 0 Å². The average Bonchev–Trinajstić information content (AvgIpc) is 3.35. The van der Waals surface area contributed by atoms with Gasteiger partial charge in [-0.15, -0.1) is 0 Å². The molecule has 3 heterocycles. The lowest BCUT2D eigenvalue weighted by atomic mass is 10.1. The lowest BCUT2D eigenvalue weighted by molar-refractivity contribution is -0.111. The first-order valence-corrected chi connectivity index (χ1v) is 18.2. The van der Waals surface area contributed by atoms with Crippen LogP contribution in [0.4, 0.5) is 22.9 Å². The highest BCUT2D eigenvalue weighted by molar-refractivity contribution is 6.76. The highest BCUT2D eigenvalue weighted by Crippen LogP contribution is 2.33. The van der Waals surface area contributed by atoms with Crippen molar-refractivity contribution in [3.63, 3.8) is 0 Å². The molecule has 220 valence electrons. The summed E-state index contributed by atoms with van der Waals surface area (Å²) in [4.78, 5) is 25.9. The number of rotatable bonds is 11. The van der Waals surface area contributed by atoms with Crippen LogP contribution in [0.2, 0.25) is 25.7 Å². The van der Waals surface area contributed by atoms with Crippen LogP contribution in [0.15, 0.2) is 73.6 Å². The van der Waals surface area contributed by atoms with E-state index in [1.165, 1.54) is 11.8 Å². The van der Waals surface area contributed by atoms with Crippen LogP contribution in [-0.4, -0.2) is 73.2 Å². The van der Waals surface area contributed by atoms with Gasteiger partial charge >= 0.3 is 0 Å². The number of amides is 1. The monoisotopic (exact) mass is 583 g/mol. The molecule has 2 aromatic heterocycles. The number of nitrogens with zero attached hydrogens (tertiary/aromatic N) is 5. The number of hydrogen-bond acceptors (Lipinski definition) is 7. The second-order valence-electron chi connectivity index (χ2n) is 12.0. The van der Waals surface area contributed by atoms with Gasteiger partial charge in [-0.25, -0.2) is 9.97 Å². The van der Waals surface area contributed by atoms with Gasteiger partial charge in [-0.2, -0.15) is 0 Å². The Morgan fingerprint density at radius 1 is 1.02 bits per heavy atom. The molecule has 1 aliphatic rings. The van der Waals surface area contributed by atoms with Gasteiger partial charge in [-0.1, -0.05) is 44.4 Å². The molecule has 10 heteroatoms. The van der Waals surface area contributed by atoms with Crippen LogP contribution in [-0.2, 0) is 16.3 Å². The fourth-order valence-corrected chi connectivity index (χ4v) is 5.74. The van der Waals surface area contributed by atoms with Gasteiger partial charge in [0, 0.05) is 57.9 Å². The Hall–Kier alpha value is -3.99. The Bertz CT molecular complexity index is 1540. The number of hydrogen-bond donors (Lipinski definition) is 2. The number of nitrogens with one attached hydrogen (secondary N) is 2. The summed E-state index contributed by atoms with van der Waals surface area (Å²) in [6.45, 7) is 15.9. The van der Waals surface area contributed by atoms with Gasteiger partial charge in [0.15, 0.2) is 0 Å². The lowest BCUT2D eigenvalue weighted by Gasteiger charge is -2.34. The van der Waals surface area contributed by atoms with E-state index < -0.39 is 8.07 Å². The van der Waals surface area contributed by atoms with Crippen LogP contribution < -0.4 is 15.5 Å². The molecule has 1 saturated heterocycles. The van der Waals surface area contributed by atoms with E-state index in [0.717, 1.165) is 66.8 Å². The van der Waals surface area contributed by atoms with Crippen molar-refractivity contribution >= 4 is 47.9 Å². The third kappa shape index (κ3) is 7.25. The van der Waals surface area contributed by atoms with Crippen LogP contribution in [0.25, 0.3) is 22.3 Å². The Balaban J connectivity index is 1.46. The zero-order valence-electron chi connectivity index (χ0n) is 25.1. The number of ether oxygens (including phenoxy) is 1. The van der Waals surface area contributed by atoms with Crippen molar-refractivity contribution in [2.45, 2.75) is 32.4 Å². The molecule has 2 N–H and O–H groups in total. The van der Waals surface area contributed by atoms with Gasteiger partial charge < -0.3 is 29.7 Å². The normalized spacial score (nSPS) is 14.2. The third-order valence-corrected chi connectivity index (χ3v) is 9.22. The summed E-state index contributed by atoms with van der Waals surface area (Å²) in [5.74, 6) is 0.425. The van der Waals surface area contributed by atoms with Crippen molar-refractivity contribution in [3.05, 3.63) is 73.6 Å². The second kappa shape index (κ2) is 12.9. The molecular weight excluding hydrogens is 542 g/mol. The van der Waals surface area contributed by atoms with E-state index in [0.29, 0.717) is 18.2 Å². The van der Waals surface area contributed by atoms with E-state index in [1.54, 1.807) is 6.33 Å². The van der Waals surface area contributed by atoms with Crippen molar-refractivity contribution < 1.29 is 9.53 Å². The fraction of sp³-hybridized carbons (Fsp3) is 0.344. The van der Waals surface area contributed by atoms with E-state index in [1.807, 2.05) is 24.3 Å². The molecule has 0 radical (unpaired) electrons. The predicted molar refractivity (Wildman–Crippen MR) is 175 cm³/mol. The third-order valence-electron chi connectivity index (χ3n) is 7.52. The summed E-state index contributed by atoms with van der Waals surface area (Å²) in [5, 5.41) is 7.13. The topological polar surface area (TPSA) is 87.5 Å². The standard InChI is InChI=1S/C32H41N7O2Si/c1-6-30(40)35-25-8-7-9-26(20-25)36-31-28-21-29(24-10-12-27(13-11-24)38-16-14-37(2)15-17-38)39(32(28)34-22-33-31)23-41-18-19-42(3,4)5/h6-13,20-22H,1,14-19,23H2,2-5H3,(H,35,40)(H,33,34,36). The number of piperazine rings is 1. The smallest absolute Gasteiger partial charge is 0.247 e. The summed E-state index contributed by atoms with van der Waals surface area (Å²) in [5.41, 5.74) is 5.64. The Morgan fingerprint density at radius 3 is 2.48 bits per heavy atom. The maximum Gasteiger partial charge on any atom is 0.247 e. The van der Waals surface area contributed by atoms with Gasteiger partial charge in [0.2, 0.25) is 5.91 Å². The maximum absolute atomic E-state index is 11.8. The Kier molecular flexibility index (Phi) is 9.05. The fourth-order valence-electron chi connectivity index (χ4n) is 4.98. The van der Waals surface area contributed by atoms with Crippen LogP contribution in [0.1, 0.15) is 0 Å². The average molecular weight is 584 g/mol. The second-order valence-corrected chi connectivity index (χ2v) is 17.6. The van der Waals surface area contributed by atoms with Gasteiger partial charge in [0.25, 0.3) is 0 Å². The molecular formula is C32H41N7O2Si. The van der Waals surface area contributed by atoms with Crippen molar-refractivity contribution in [1.29, 1.82) is 0 Å². The van der Waals surface area contributed by atoms with Crippen molar-refractivity contribution in [1.82, 2.24) is 19.4 Å². The van der Waals surface area contributed by atoms with Gasteiger partial charge in [-0.05, 0) is 61.1 Å². The van der Waals surface area contributed by atoms with Crippen molar-refractivity contribution in [2.24, 2.45) is 0 Å². The molecule has 0 unspecified atom stereocenters. The molecule has 4 aromatic rings. The minimum absolute atomic E-state index is 0.258. The van der Waals surface area contributed by atoms with E-state index in [4.69, 9.17) is 4.74 Å². The summed E-state index contributed by atoms with van der Waals surface area (Å²) in [6, 6.07) is 19.5. The minimum atomic E-state index is -1.22. The highest BCUT2D eigenvalue weighted by atomic mass is 28.3. The number of fused-ring (bicyclic) bond motifs is 1. The summed E-state index contributed by atoms with van der Waals surface area (Å²) >= 11 is 0. The van der Waals surface area contributed by atoms with E-state index in [9.17, 15) is 4.79 Å². The van der Waals surface area contributed by atoms with E-state index in [2.05, 4.69) is 98.6 Å². The van der Waals surface area contributed by atoms with E-state index >= 15 is 0 Å². The molecule has 1 amide bonds. The zero-order chi connectivity index (χ0) is 29.7. The molecule has 0 atom stereocenters. The van der Waals surface area contributed by atoms with Crippen molar-refractivity contribution in [3.8, 4) is 11.3 Å².